The number of carbonyl (C=O) groups is 2. The van der Waals surface area contributed by atoms with Gasteiger partial charge in [0.1, 0.15) is 0 Å². The zero-order valence-corrected chi connectivity index (χ0v) is 21.2. The summed E-state index contributed by atoms with van der Waals surface area (Å²) >= 11 is 0. The number of aliphatic carboxylic acids is 2. The van der Waals surface area contributed by atoms with Gasteiger partial charge in [0.25, 0.3) is 0 Å². The van der Waals surface area contributed by atoms with E-state index in [1.807, 2.05) is 0 Å². The summed E-state index contributed by atoms with van der Waals surface area (Å²) in [6.45, 7) is 2.26. The van der Waals surface area contributed by atoms with Crippen LogP contribution in [0, 0.1) is 0 Å². The van der Waals surface area contributed by atoms with Gasteiger partial charge in [-0.05, 0) is 12.8 Å². The molecule has 166 valence electrons. The summed E-state index contributed by atoms with van der Waals surface area (Å²) in [6.07, 6.45) is 20.2. The fraction of sp³-hybridized carbons (Fsp3) is 0.913. The quantitative estimate of drug-likeness (QED) is 0.218. The van der Waals surface area contributed by atoms with Gasteiger partial charge in [-0.15, -0.1) is 0 Å². The molecule has 5 nitrogen and oxygen atoms in total. The predicted octanol–water partition coefficient (Wildman–Crippen LogP) is 1.95. The SMILES string of the molecule is CCCCCCCCCCCCCCCCCC[C@@](N)(CCC(=O)O)C(=O)[O-].[Na+]. The van der Waals surface area contributed by atoms with Crippen LogP contribution < -0.4 is 40.4 Å². The normalized spacial score (nSPS) is 12.9. The van der Waals surface area contributed by atoms with Crippen molar-refractivity contribution in [2.45, 2.75) is 134 Å². The molecule has 0 amide bonds. The predicted molar refractivity (Wildman–Crippen MR) is 113 cm³/mol. The first-order valence-electron chi connectivity index (χ1n) is 11.6. The molecule has 0 aliphatic rings. The largest absolute Gasteiger partial charge is 1.00 e. The Labute approximate surface area is 200 Å². The molecular weight excluding hydrogens is 377 g/mol. The van der Waals surface area contributed by atoms with Crippen LogP contribution in [0.5, 0.6) is 0 Å². The van der Waals surface area contributed by atoms with E-state index < -0.39 is 17.5 Å². The van der Waals surface area contributed by atoms with Gasteiger partial charge in [-0.2, -0.15) is 0 Å². The molecule has 0 aromatic heterocycles. The van der Waals surface area contributed by atoms with Gasteiger partial charge in [-0.25, -0.2) is 0 Å². The summed E-state index contributed by atoms with van der Waals surface area (Å²) in [7, 11) is 0. The van der Waals surface area contributed by atoms with E-state index in [1.54, 1.807) is 0 Å². The van der Waals surface area contributed by atoms with Crippen LogP contribution >= 0.6 is 0 Å². The molecule has 6 heteroatoms. The van der Waals surface area contributed by atoms with Gasteiger partial charge < -0.3 is 20.7 Å². The second-order valence-corrected chi connectivity index (χ2v) is 8.39. The fourth-order valence-electron chi connectivity index (χ4n) is 3.65. The standard InChI is InChI=1S/C23H45NO4.Na/c1-2-3-4-5-6-7-8-9-10-11-12-13-14-15-16-17-19-23(24,22(27)28)20-18-21(25)26;/h2-20,24H2,1H3,(H,25,26)(H,27,28);/q;+1/p-1/t23-;/m1./s1. The Morgan fingerprint density at radius 2 is 1.07 bits per heavy atom. The summed E-state index contributed by atoms with van der Waals surface area (Å²) < 4.78 is 0. The first-order chi connectivity index (χ1) is 13.4. The molecule has 3 N–H and O–H groups in total. The molecule has 0 aromatic carbocycles. The molecule has 0 heterocycles. The molecule has 0 saturated heterocycles. The molecule has 0 aliphatic heterocycles. The number of carboxylic acid groups (broad SMARTS) is 2. The number of hydrogen-bond donors (Lipinski definition) is 2. The van der Waals surface area contributed by atoms with E-state index in [0.717, 1.165) is 12.8 Å². The number of hydrogen-bond acceptors (Lipinski definition) is 4. The Morgan fingerprint density at radius 1 is 0.724 bits per heavy atom. The fourth-order valence-corrected chi connectivity index (χ4v) is 3.65. The molecular formula is C23H44NNaO4. The van der Waals surface area contributed by atoms with Crippen molar-refractivity contribution < 1.29 is 49.4 Å². The van der Waals surface area contributed by atoms with Crippen LogP contribution in [0.25, 0.3) is 0 Å². The molecule has 0 aliphatic carbocycles. The van der Waals surface area contributed by atoms with Gasteiger partial charge in [0.15, 0.2) is 0 Å². The third-order valence-corrected chi connectivity index (χ3v) is 5.67. The van der Waals surface area contributed by atoms with Crippen LogP contribution in [0.15, 0.2) is 0 Å². The van der Waals surface area contributed by atoms with Gasteiger partial charge >= 0.3 is 35.5 Å². The Bertz CT molecular complexity index is 406. The number of nitrogens with two attached hydrogens (primary N) is 1. The number of rotatable bonds is 21. The number of carboxylic acids is 2. The maximum atomic E-state index is 11.2. The van der Waals surface area contributed by atoms with Crippen molar-refractivity contribution in [1.29, 1.82) is 0 Å². The second-order valence-electron chi connectivity index (χ2n) is 8.39. The van der Waals surface area contributed by atoms with Crippen molar-refractivity contribution in [1.82, 2.24) is 0 Å². The van der Waals surface area contributed by atoms with E-state index in [2.05, 4.69) is 6.92 Å². The molecule has 0 rings (SSSR count). The van der Waals surface area contributed by atoms with Crippen LogP contribution in [-0.4, -0.2) is 22.6 Å². The Hall–Kier alpha value is -0.100. The van der Waals surface area contributed by atoms with Gasteiger partial charge in [-0.1, -0.05) is 110 Å². The topological polar surface area (TPSA) is 103 Å². The van der Waals surface area contributed by atoms with E-state index in [-0.39, 0.29) is 42.4 Å². The van der Waals surface area contributed by atoms with Crippen molar-refractivity contribution in [3.63, 3.8) is 0 Å². The summed E-state index contributed by atoms with van der Waals surface area (Å²) in [6, 6.07) is 0. The van der Waals surface area contributed by atoms with Crippen molar-refractivity contribution >= 4 is 11.9 Å². The molecule has 0 radical (unpaired) electrons. The monoisotopic (exact) mass is 421 g/mol. The number of carbonyl (C=O) groups excluding carboxylic acids is 1. The summed E-state index contributed by atoms with van der Waals surface area (Å²) in [4.78, 5) is 21.8. The van der Waals surface area contributed by atoms with E-state index in [1.165, 1.54) is 83.5 Å². The second kappa shape index (κ2) is 21.1. The summed E-state index contributed by atoms with van der Waals surface area (Å²) in [5, 5.41) is 19.9. The van der Waals surface area contributed by atoms with Gasteiger partial charge in [-0.3, -0.25) is 4.79 Å². The summed E-state index contributed by atoms with van der Waals surface area (Å²) in [5.74, 6) is -2.36. The molecule has 0 saturated carbocycles. The van der Waals surface area contributed by atoms with Crippen LogP contribution in [0.3, 0.4) is 0 Å². The first-order valence-corrected chi connectivity index (χ1v) is 11.6. The molecule has 29 heavy (non-hydrogen) atoms. The van der Waals surface area contributed by atoms with E-state index >= 15 is 0 Å². The van der Waals surface area contributed by atoms with Crippen molar-refractivity contribution in [2.75, 3.05) is 0 Å². The van der Waals surface area contributed by atoms with E-state index in [9.17, 15) is 14.7 Å². The Balaban J connectivity index is 0. The van der Waals surface area contributed by atoms with Crippen LogP contribution in [0.4, 0.5) is 0 Å². The zero-order chi connectivity index (χ0) is 21.1. The Kier molecular flexibility index (Phi) is 22.7. The maximum Gasteiger partial charge on any atom is 1.00 e. The first kappa shape index (κ1) is 31.1. The van der Waals surface area contributed by atoms with Crippen molar-refractivity contribution in [2.24, 2.45) is 5.73 Å². The van der Waals surface area contributed by atoms with Gasteiger partial charge in [0.05, 0.1) is 11.5 Å². The van der Waals surface area contributed by atoms with E-state index in [0.29, 0.717) is 12.8 Å². The molecule has 0 bridgehead atoms. The average molecular weight is 422 g/mol. The van der Waals surface area contributed by atoms with E-state index in [4.69, 9.17) is 10.8 Å². The Morgan fingerprint density at radius 3 is 1.38 bits per heavy atom. The maximum absolute atomic E-state index is 11.2. The molecule has 0 fully saturated rings. The zero-order valence-electron chi connectivity index (χ0n) is 19.2. The minimum Gasteiger partial charge on any atom is -0.548 e. The summed E-state index contributed by atoms with van der Waals surface area (Å²) in [5.41, 5.74) is 4.32. The van der Waals surface area contributed by atoms with Crippen LogP contribution in [0.2, 0.25) is 0 Å². The van der Waals surface area contributed by atoms with Gasteiger partial charge in [0.2, 0.25) is 0 Å². The third-order valence-electron chi connectivity index (χ3n) is 5.67. The van der Waals surface area contributed by atoms with Crippen LogP contribution in [0.1, 0.15) is 129 Å². The van der Waals surface area contributed by atoms with Crippen molar-refractivity contribution in [3.8, 4) is 0 Å². The molecule has 0 unspecified atom stereocenters. The average Bonchev–Trinajstić information content (AvgIpc) is 2.66. The number of unbranched alkanes of at least 4 members (excludes halogenated alkanes) is 15. The smallest absolute Gasteiger partial charge is 0.548 e. The minimum absolute atomic E-state index is 0. The minimum atomic E-state index is -1.51. The third kappa shape index (κ3) is 19.6. The molecule has 1 atom stereocenters. The van der Waals surface area contributed by atoms with Crippen molar-refractivity contribution in [3.05, 3.63) is 0 Å². The molecule has 0 aromatic rings. The molecule has 0 spiro atoms. The van der Waals surface area contributed by atoms with Crippen LogP contribution in [-0.2, 0) is 9.59 Å². The van der Waals surface area contributed by atoms with Gasteiger partial charge in [0, 0.05) is 6.42 Å².